The van der Waals surface area contributed by atoms with Gasteiger partial charge in [-0.1, -0.05) is 29.8 Å². The minimum absolute atomic E-state index is 0.119. The van der Waals surface area contributed by atoms with E-state index in [2.05, 4.69) is 47.0 Å². The second-order valence-electron chi connectivity index (χ2n) is 4.90. The highest BCUT2D eigenvalue weighted by Gasteiger charge is 2.05. The lowest BCUT2D eigenvalue weighted by Crippen LogP contribution is -2.33. The van der Waals surface area contributed by atoms with Crippen LogP contribution in [0.15, 0.2) is 22.7 Å². The Balaban J connectivity index is 2.33. The number of halogens is 2. The van der Waals surface area contributed by atoms with Gasteiger partial charge in [-0.3, -0.25) is 0 Å². The van der Waals surface area contributed by atoms with Gasteiger partial charge < -0.3 is 10.2 Å². The molecule has 0 fully saturated rings. The third kappa shape index (κ3) is 5.94. The summed E-state index contributed by atoms with van der Waals surface area (Å²) in [6.45, 7) is 7.09. The molecule has 0 radical (unpaired) electrons. The van der Waals surface area contributed by atoms with Crippen molar-refractivity contribution in [2.24, 2.45) is 0 Å². The highest BCUT2D eigenvalue weighted by atomic mass is 79.9. The molecule has 0 heterocycles. The molecule has 1 aromatic rings. The summed E-state index contributed by atoms with van der Waals surface area (Å²) in [6.07, 6.45) is 0.740. The van der Waals surface area contributed by atoms with E-state index in [0.717, 1.165) is 36.1 Å². The molecule has 1 N–H and O–H groups in total. The van der Waals surface area contributed by atoms with Gasteiger partial charge in [-0.15, -0.1) is 0 Å². The van der Waals surface area contributed by atoms with Crippen molar-refractivity contribution < 1.29 is 4.39 Å². The summed E-state index contributed by atoms with van der Waals surface area (Å²) >= 11 is 3.37. The number of nitrogens with zero attached hydrogens (tertiary/aromatic N) is 1. The molecule has 4 heteroatoms. The van der Waals surface area contributed by atoms with Gasteiger partial charge >= 0.3 is 0 Å². The zero-order chi connectivity index (χ0) is 13.5. The number of nitrogens with one attached hydrogen (secondary N) is 1. The predicted octanol–water partition coefficient (Wildman–Crippen LogP) is 3.06. The summed E-state index contributed by atoms with van der Waals surface area (Å²) in [7, 11) is 2.07. The molecule has 0 saturated heterocycles. The number of likely N-dealkylation sites (N-methyl/N-ethyl adjacent to an activating group) is 1. The summed E-state index contributed by atoms with van der Waals surface area (Å²) in [5.41, 5.74) is 0.771. The third-order valence-corrected chi connectivity index (χ3v) is 3.31. The van der Waals surface area contributed by atoms with Gasteiger partial charge in [0.05, 0.1) is 0 Å². The fourth-order valence-electron chi connectivity index (χ4n) is 1.70. The topological polar surface area (TPSA) is 15.3 Å². The van der Waals surface area contributed by atoms with Crippen LogP contribution in [-0.2, 0) is 6.42 Å². The van der Waals surface area contributed by atoms with Crippen molar-refractivity contribution in [2.45, 2.75) is 26.3 Å². The fourth-order valence-corrected chi connectivity index (χ4v) is 2.11. The molecular weight excluding hydrogens is 295 g/mol. The monoisotopic (exact) mass is 316 g/mol. The van der Waals surface area contributed by atoms with Gasteiger partial charge in [0.1, 0.15) is 5.82 Å². The van der Waals surface area contributed by atoms with Gasteiger partial charge in [-0.05, 0) is 37.2 Å². The largest absolute Gasteiger partial charge is 0.313 e. The summed E-state index contributed by atoms with van der Waals surface area (Å²) in [5.74, 6) is -0.119. The summed E-state index contributed by atoms with van der Waals surface area (Å²) in [4.78, 5) is 2.22. The van der Waals surface area contributed by atoms with E-state index in [0.29, 0.717) is 6.04 Å². The lowest BCUT2D eigenvalue weighted by atomic mass is 10.1. The fraction of sp³-hybridized carbons (Fsp3) is 0.571. The highest BCUT2D eigenvalue weighted by Crippen LogP contribution is 2.16. The molecule has 2 nitrogen and oxygen atoms in total. The third-order valence-electron chi connectivity index (χ3n) is 2.82. The van der Waals surface area contributed by atoms with E-state index < -0.39 is 0 Å². The first kappa shape index (κ1) is 15.6. The van der Waals surface area contributed by atoms with Crippen LogP contribution in [0.2, 0.25) is 0 Å². The first-order valence-electron chi connectivity index (χ1n) is 6.35. The zero-order valence-electron chi connectivity index (χ0n) is 11.3. The molecule has 0 unspecified atom stereocenters. The van der Waals surface area contributed by atoms with Gasteiger partial charge in [0.25, 0.3) is 0 Å². The maximum absolute atomic E-state index is 13.5. The van der Waals surface area contributed by atoms with Crippen molar-refractivity contribution >= 4 is 15.9 Å². The second kappa shape index (κ2) is 7.87. The van der Waals surface area contributed by atoms with E-state index in [9.17, 15) is 4.39 Å². The summed E-state index contributed by atoms with van der Waals surface area (Å²) in [5, 5.41) is 3.37. The highest BCUT2D eigenvalue weighted by molar-refractivity contribution is 9.10. The second-order valence-corrected chi connectivity index (χ2v) is 5.81. The maximum Gasteiger partial charge on any atom is 0.126 e. The molecule has 0 amide bonds. The Labute approximate surface area is 118 Å². The Morgan fingerprint density at radius 1 is 1.33 bits per heavy atom. The smallest absolute Gasteiger partial charge is 0.126 e. The molecule has 0 bridgehead atoms. The molecule has 102 valence electrons. The molecule has 0 saturated carbocycles. The molecule has 0 aliphatic carbocycles. The van der Waals surface area contributed by atoms with Gasteiger partial charge in [-0.2, -0.15) is 0 Å². The van der Waals surface area contributed by atoms with Crippen LogP contribution in [0.1, 0.15) is 19.4 Å². The average Bonchev–Trinajstić information content (AvgIpc) is 2.30. The van der Waals surface area contributed by atoms with Crippen LogP contribution in [0, 0.1) is 5.82 Å². The SMILES string of the molecule is CC(C)NCCN(C)CCc1cc(Br)ccc1F. The standard InChI is InChI=1S/C14H22BrFN2/c1-11(2)17-7-9-18(3)8-6-12-10-13(15)4-5-14(12)16/h4-5,10-11,17H,6-9H2,1-3H3. The van der Waals surface area contributed by atoms with Gasteiger partial charge in [0.15, 0.2) is 0 Å². The lowest BCUT2D eigenvalue weighted by molar-refractivity contribution is 0.329. The molecule has 0 aliphatic rings. The zero-order valence-corrected chi connectivity index (χ0v) is 12.9. The molecule has 0 spiro atoms. The lowest BCUT2D eigenvalue weighted by Gasteiger charge is -2.18. The number of benzene rings is 1. The number of hydrogen-bond donors (Lipinski definition) is 1. The van der Waals surface area contributed by atoms with Crippen molar-refractivity contribution in [1.29, 1.82) is 0 Å². The van der Waals surface area contributed by atoms with Crippen LogP contribution in [-0.4, -0.2) is 37.6 Å². The Bertz CT molecular complexity index is 369. The summed E-state index contributed by atoms with van der Waals surface area (Å²) < 4.78 is 14.5. The quantitative estimate of drug-likeness (QED) is 0.831. The first-order valence-corrected chi connectivity index (χ1v) is 7.14. The van der Waals surface area contributed by atoms with E-state index in [1.165, 1.54) is 6.07 Å². The molecule has 0 aromatic heterocycles. The van der Waals surface area contributed by atoms with Crippen LogP contribution >= 0.6 is 15.9 Å². The molecule has 18 heavy (non-hydrogen) atoms. The van der Waals surface area contributed by atoms with Gasteiger partial charge in [0, 0.05) is 30.1 Å². The van der Waals surface area contributed by atoms with Crippen molar-refractivity contribution in [3.8, 4) is 0 Å². The molecular formula is C14H22BrFN2. The molecule has 1 rings (SSSR count). The van der Waals surface area contributed by atoms with E-state index in [1.54, 1.807) is 6.07 Å². The summed E-state index contributed by atoms with van der Waals surface area (Å²) in [6, 6.07) is 5.62. The Morgan fingerprint density at radius 2 is 2.06 bits per heavy atom. The molecule has 1 aromatic carbocycles. The van der Waals surface area contributed by atoms with Crippen molar-refractivity contribution in [1.82, 2.24) is 10.2 Å². The van der Waals surface area contributed by atoms with Crippen LogP contribution < -0.4 is 5.32 Å². The Hall–Kier alpha value is -0.450. The molecule has 0 atom stereocenters. The maximum atomic E-state index is 13.5. The normalized spacial score (nSPS) is 11.5. The average molecular weight is 317 g/mol. The first-order chi connectivity index (χ1) is 8.49. The predicted molar refractivity (Wildman–Crippen MR) is 78.4 cm³/mol. The van der Waals surface area contributed by atoms with E-state index in [1.807, 2.05) is 6.07 Å². The van der Waals surface area contributed by atoms with E-state index in [4.69, 9.17) is 0 Å². The number of hydrogen-bond acceptors (Lipinski definition) is 2. The van der Waals surface area contributed by atoms with Crippen molar-refractivity contribution in [2.75, 3.05) is 26.7 Å². The minimum Gasteiger partial charge on any atom is -0.313 e. The molecule has 0 aliphatic heterocycles. The van der Waals surface area contributed by atoms with Crippen LogP contribution in [0.4, 0.5) is 4.39 Å². The Kier molecular flexibility index (Phi) is 6.82. The van der Waals surface area contributed by atoms with Crippen molar-refractivity contribution in [3.05, 3.63) is 34.1 Å². The van der Waals surface area contributed by atoms with E-state index >= 15 is 0 Å². The van der Waals surface area contributed by atoms with Crippen molar-refractivity contribution in [3.63, 3.8) is 0 Å². The van der Waals surface area contributed by atoms with Crippen LogP contribution in [0.5, 0.6) is 0 Å². The van der Waals surface area contributed by atoms with E-state index in [-0.39, 0.29) is 5.82 Å². The van der Waals surface area contributed by atoms with Gasteiger partial charge in [-0.25, -0.2) is 4.39 Å². The van der Waals surface area contributed by atoms with Crippen LogP contribution in [0.25, 0.3) is 0 Å². The number of rotatable bonds is 7. The van der Waals surface area contributed by atoms with Gasteiger partial charge in [0.2, 0.25) is 0 Å². The Morgan fingerprint density at radius 3 is 2.72 bits per heavy atom. The van der Waals surface area contributed by atoms with Crippen LogP contribution in [0.3, 0.4) is 0 Å². The minimum atomic E-state index is -0.119.